The Morgan fingerprint density at radius 2 is 2.24 bits per heavy atom. The molecule has 2 aliphatic heterocycles. The van der Waals surface area contributed by atoms with Crippen LogP contribution in [0.1, 0.15) is 44.2 Å². The minimum absolute atomic E-state index is 0.0389. The van der Waals surface area contributed by atoms with Gasteiger partial charge in [0.2, 0.25) is 0 Å². The zero-order valence-electron chi connectivity index (χ0n) is 13.1. The van der Waals surface area contributed by atoms with Crippen LogP contribution in [0.4, 0.5) is 0 Å². The van der Waals surface area contributed by atoms with Crippen LogP contribution in [0.15, 0.2) is 18.2 Å². The smallest absolute Gasteiger partial charge is 0.125 e. The van der Waals surface area contributed by atoms with Gasteiger partial charge in [-0.3, -0.25) is 0 Å². The van der Waals surface area contributed by atoms with E-state index in [1.54, 1.807) is 7.11 Å². The first-order valence-corrected chi connectivity index (χ1v) is 8.01. The zero-order valence-corrected chi connectivity index (χ0v) is 13.1. The van der Waals surface area contributed by atoms with Crippen molar-refractivity contribution in [2.24, 2.45) is 5.73 Å². The van der Waals surface area contributed by atoms with Gasteiger partial charge < -0.3 is 20.1 Å². The summed E-state index contributed by atoms with van der Waals surface area (Å²) in [5.41, 5.74) is 7.45. The summed E-state index contributed by atoms with van der Waals surface area (Å²) >= 11 is 0. The fourth-order valence-electron chi connectivity index (χ4n) is 3.67. The highest BCUT2D eigenvalue weighted by molar-refractivity contribution is 5.44. The molecule has 4 nitrogen and oxygen atoms in total. The number of ether oxygens (including phenoxy) is 2. The van der Waals surface area contributed by atoms with Crippen LogP contribution in [0.2, 0.25) is 0 Å². The maximum absolute atomic E-state index is 6.44. The molecule has 1 spiro atoms. The summed E-state index contributed by atoms with van der Waals surface area (Å²) in [5, 5.41) is 0. The van der Waals surface area contributed by atoms with Gasteiger partial charge in [0, 0.05) is 24.6 Å². The lowest BCUT2D eigenvalue weighted by atomic mass is 9.82. The molecule has 2 heterocycles. The van der Waals surface area contributed by atoms with Gasteiger partial charge in [0.1, 0.15) is 17.1 Å². The first-order chi connectivity index (χ1) is 10.2. The summed E-state index contributed by atoms with van der Waals surface area (Å²) in [7, 11) is 1.68. The molecule has 4 heteroatoms. The quantitative estimate of drug-likeness (QED) is 0.910. The van der Waals surface area contributed by atoms with Gasteiger partial charge in [0.05, 0.1) is 7.11 Å². The average molecular weight is 290 g/mol. The van der Waals surface area contributed by atoms with Crippen molar-refractivity contribution >= 4 is 0 Å². The summed E-state index contributed by atoms with van der Waals surface area (Å²) in [5.74, 6) is 1.79. The molecule has 1 aromatic carbocycles. The van der Waals surface area contributed by atoms with Gasteiger partial charge in [0.25, 0.3) is 0 Å². The fourth-order valence-corrected chi connectivity index (χ4v) is 3.67. The van der Waals surface area contributed by atoms with Crippen molar-refractivity contribution in [2.45, 2.75) is 44.2 Å². The Morgan fingerprint density at radius 1 is 1.38 bits per heavy atom. The average Bonchev–Trinajstić information content (AvgIpc) is 2.69. The standard InChI is InChI=1S/C17H26N2O2/c1-3-19-9-4-7-17(8-10-19)12-15(18)14-11-13(20-2)5-6-16(14)21-17/h5-6,11,15H,3-4,7-10,12,18H2,1-2H3/t15-,17?/m0/s1. The van der Waals surface area contributed by atoms with E-state index in [9.17, 15) is 0 Å². The van der Waals surface area contributed by atoms with E-state index in [0.717, 1.165) is 49.4 Å². The van der Waals surface area contributed by atoms with Gasteiger partial charge in [-0.25, -0.2) is 0 Å². The number of fused-ring (bicyclic) bond motifs is 1. The molecule has 2 aliphatic rings. The van der Waals surface area contributed by atoms with Crippen LogP contribution in [0.3, 0.4) is 0 Å². The van der Waals surface area contributed by atoms with Crippen LogP contribution in [0.25, 0.3) is 0 Å². The molecule has 3 rings (SSSR count). The third kappa shape index (κ3) is 2.87. The molecule has 2 N–H and O–H groups in total. The number of hydrogen-bond acceptors (Lipinski definition) is 4. The first kappa shape index (κ1) is 14.7. The molecule has 1 unspecified atom stereocenters. The van der Waals surface area contributed by atoms with Gasteiger partial charge in [-0.05, 0) is 50.6 Å². The highest BCUT2D eigenvalue weighted by atomic mass is 16.5. The van der Waals surface area contributed by atoms with E-state index in [-0.39, 0.29) is 11.6 Å². The molecule has 0 radical (unpaired) electrons. The van der Waals surface area contributed by atoms with Crippen LogP contribution in [0, 0.1) is 0 Å². The molecule has 1 fully saturated rings. The summed E-state index contributed by atoms with van der Waals surface area (Å²) in [6.07, 6.45) is 4.26. The molecule has 0 aliphatic carbocycles. The third-order valence-electron chi connectivity index (χ3n) is 4.97. The van der Waals surface area contributed by atoms with Crippen molar-refractivity contribution in [3.63, 3.8) is 0 Å². The zero-order chi connectivity index (χ0) is 14.9. The first-order valence-electron chi connectivity index (χ1n) is 8.01. The highest BCUT2D eigenvalue weighted by Crippen LogP contribution is 2.44. The molecule has 21 heavy (non-hydrogen) atoms. The number of hydrogen-bond donors (Lipinski definition) is 1. The number of nitrogens with zero attached hydrogens (tertiary/aromatic N) is 1. The normalized spacial score (nSPS) is 29.6. The van der Waals surface area contributed by atoms with E-state index < -0.39 is 0 Å². The van der Waals surface area contributed by atoms with Gasteiger partial charge >= 0.3 is 0 Å². The molecule has 0 amide bonds. The van der Waals surface area contributed by atoms with Crippen molar-refractivity contribution < 1.29 is 9.47 Å². The summed E-state index contributed by atoms with van der Waals surface area (Å²) in [4.78, 5) is 2.51. The molecule has 0 bridgehead atoms. The fraction of sp³-hybridized carbons (Fsp3) is 0.647. The Bertz CT molecular complexity index is 506. The number of methoxy groups -OCH3 is 1. The number of rotatable bonds is 2. The lowest BCUT2D eigenvalue weighted by molar-refractivity contribution is 0.0218. The van der Waals surface area contributed by atoms with Gasteiger partial charge in [-0.15, -0.1) is 0 Å². The number of benzene rings is 1. The Morgan fingerprint density at radius 3 is 3.00 bits per heavy atom. The van der Waals surface area contributed by atoms with Gasteiger partial charge in [-0.2, -0.15) is 0 Å². The lowest BCUT2D eigenvalue weighted by Crippen LogP contribution is -2.43. The largest absolute Gasteiger partial charge is 0.497 e. The SMILES string of the molecule is CCN1CCCC2(CC1)C[C@H](N)c1cc(OC)ccc1O2. The van der Waals surface area contributed by atoms with E-state index in [2.05, 4.69) is 11.8 Å². The third-order valence-corrected chi connectivity index (χ3v) is 4.97. The Balaban J connectivity index is 1.84. The van der Waals surface area contributed by atoms with Crippen LogP contribution in [0.5, 0.6) is 11.5 Å². The second-order valence-corrected chi connectivity index (χ2v) is 6.29. The van der Waals surface area contributed by atoms with E-state index in [0.29, 0.717) is 0 Å². The van der Waals surface area contributed by atoms with Crippen molar-refractivity contribution in [3.05, 3.63) is 23.8 Å². The van der Waals surface area contributed by atoms with Crippen LogP contribution < -0.4 is 15.2 Å². The van der Waals surface area contributed by atoms with Gasteiger partial charge in [0.15, 0.2) is 0 Å². The minimum atomic E-state index is -0.0784. The minimum Gasteiger partial charge on any atom is -0.497 e. The molecule has 2 atom stereocenters. The topological polar surface area (TPSA) is 47.7 Å². The second kappa shape index (κ2) is 5.85. The Kier molecular flexibility index (Phi) is 4.09. The number of nitrogens with two attached hydrogens (primary N) is 1. The van der Waals surface area contributed by atoms with Crippen molar-refractivity contribution in [1.82, 2.24) is 4.90 Å². The van der Waals surface area contributed by atoms with Crippen LogP contribution in [-0.2, 0) is 0 Å². The molecule has 116 valence electrons. The molecule has 0 saturated carbocycles. The van der Waals surface area contributed by atoms with Gasteiger partial charge in [-0.1, -0.05) is 6.92 Å². The molecular weight excluding hydrogens is 264 g/mol. The maximum Gasteiger partial charge on any atom is 0.125 e. The van der Waals surface area contributed by atoms with Crippen molar-refractivity contribution in [1.29, 1.82) is 0 Å². The highest BCUT2D eigenvalue weighted by Gasteiger charge is 2.40. The molecule has 0 aromatic heterocycles. The monoisotopic (exact) mass is 290 g/mol. The van der Waals surface area contributed by atoms with E-state index in [1.807, 2.05) is 18.2 Å². The summed E-state index contributed by atoms with van der Waals surface area (Å²) in [6.45, 7) is 5.63. The predicted octanol–water partition coefficient (Wildman–Crippen LogP) is 2.72. The summed E-state index contributed by atoms with van der Waals surface area (Å²) in [6, 6.07) is 6.02. The van der Waals surface area contributed by atoms with E-state index in [1.165, 1.54) is 13.0 Å². The molecule has 1 aromatic rings. The van der Waals surface area contributed by atoms with Crippen LogP contribution in [-0.4, -0.2) is 37.2 Å². The van der Waals surface area contributed by atoms with Crippen molar-refractivity contribution in [3.8, 4) is 11.5 Å². The Labute approximate surface area is 127 Å². The molecular formula is C17H26N2O2. The lowest BCUT2D eigenvalue weighted by Gasteiger charge is -2.41. The van der Waals surface area contributed by atoms with E-state index >= 15 is 0 Å². The summed E-state index contributed by atoms with van der Waals surface area (Å²) < 4.78 is 11.7. The second-order valence-electron chi connectivity index (χ2n) is 6.29. The van der Waals surface area contributed by atoms with Crippen LogP contribution >= 0.6 is 0 Å². The van der Waals surface area contributed by atoms with Crippen molar-refractivity contribution in [2.75, 3.05) is 26.7 Å². The number of likely N-dealkylation sites (tertiary alicyclic amines) is 1. The maximum atomic E-state index is 6.44. The Hall–Kier alpha value is -1.26. The molecule has 1 saturated heterocycles. The van der Waals surface area contributed by atoms with E-state index in [4.69, 9.17) is 15.2 Å². The predicted molar refractivity (Wildman–Crippen MR) is 83.9 cm³/mol.